The topological polar surface area (TPSA) is 67.8 Å². The summed E-state index contributed by atoms with van der Waals surface area (Å²) >= 11 is 7.57. The molecule has 1 aromatic heterocycles. The molecule has 0 aliphatic heterocycles. The first kappa shape index (κ1) is 23.9. The van der Waals surface area contributed by atoms with Crippen molar-refractivity contribution in [3.05, 3.63) is 87.9 Å². The van der Waals surface area contributed by atoms with Crippen molar-refractivity contribution in [3.8, 4) is 22.5 Å². The average Bonchev–Trinajstić information content (AvgIpc) is 2.81. The van der Waals surface area contributed by atoms with Gasteiger partial charge in [0.1, 0.15) is 11.4 Å². The maximum atomic E-state index is 12.6. The van der Waals surface area contributed by atoms with E-state index in [1.807, 2.05) is 88.4 Å². The van der Waals surface area contributed by atoms with Crippen LogP contribution in [0.5, 0.6) is 0 Å². The highest BCUT2D eigenvalue weighted by Gasteiger charge is 2.16. The number of anilines is 1. The lowest BCUT2D eigenvalue weighted by atomic mass is 10.0. The Kier molecular flexibility index (Phi) is 7.29. The first-order valence-electron chi connectivity index (χ1n) is 10.9. The lowest BCUT2D eigenvalue weighted by Gasteiger charge is -2.12. The zero-order valence-electron chi connectivity index (χ0n) is 19.5. The Labute approximate surface area is 209 Å². The SMILES string of the molecule is Cc1ccc(-c2nnc(SCC(=O)Nc3c(C)cc(C)cc3Cl)nc2-c2ccc(C)cc2)cc1. The number of nitrogens with one attached hydrogen (secondary N) is 1. The fourth-order valence-electron chi connectivity index (χ4n) is 3.57. The summed E-state index contributed by atoms with van der Waals surface area (Å²) in [6.07, 6.45) is 0. The molecule has 4 rings (SSSR count). The number of nitrogens with zero attached hydrogens (tertiary/aromatic N) is 3. The Morgan fingerprint density at radius 1 is 0.824 bits per heavy atom. The van der Waals surface area contributed by atoms with Gasteiger partial charge in [0, 0.05) is 11.1 Å². The van der Waals surface area contributed by atoms with Crippen LogP contribution in [0, 0.1) is 27.7 Å². The van der Waals surface area contributed by atoms with Crippen LogP contribution in [-0.2, 0) is 4.79 Å². The molecule has 0 aliphatic rings. The summed E-state index contributed by atoms with van der Waals surface area (Å²) in [5, 5.41) is 12.7. The van der Waals surface area contributed by atoms with E-state index in [-0.39, 0.29) is 11.7 Å². The fourth-order valence-corrected chi connectivity index (χ4v) is 4.53. The Morgan fingerprint density at radius 2 is 1.41 bits per heavy atom. The summed E-state index contributed by atoms with van der Waals surface area (Å²) < 4.78 is 0. The van der Waals surface area contributed by atoms with Gasteiger partial charge in [-0.05, 0) is 44.9 Å². The van der Waals surface area contributed by atoms with E-state index in [2.05, 4.69) is 15.5 Å². The van der Waals surface area contributed by atoms with Gasteiger partial charge >= 0.3 is 0 Å². The monoisotopic (exact) mass is 488 g/mol. The van der Waals surface area contributed by atoms with Crippen LogP contribution in [-0.4, -0.2) is 26.8 Å². The normalized spacial score (nSPS) is 10.9. The molecular formula is C27H25ClN4OS. The lowest BCUT2D eigenvalue weighted by Crippen LogP contribution is -2.15. The van der Waals surface area contributed by atoms with Gasteiger partial charge < -0.3 is 5.32 Å². The molecule has 172 valence electrons. The number of benzene rings is 3. The van der Waals surface area contributed by atoms with Gasteiger partial charge in [0.2, 0.25) is 11.1 Å². The molecule has 0 atom stereocenters. The minimum Gasteiger partial charge on any atom is -0.324 e. The van der Waals surface area contributed by atoms with Crippen LogP contribution in [0.15, 0.2) is 65.8 Å². The standard InChI is InChI=1S/C27H25ClN4OS/c1-16-5-9-20(10-6-16)25-26(21-11-7-17(2)8-12-21)31-32-27(30-25)34-15-23(33)29-24-19(4)13-18(3)14-22(24)28/h5-14H,15H2,1-4H3,(H,29,33). The Balaban J connectivity index is 1.58. The number of rotatable bonds is 6. The highest BCUT2D eigenvalue weighted by Crippen LogP contribution is 2.31. The van der Waals surface area contributed by atoms with E-state index in [0.717, 1.165) is 27.9 Å². The molecule has 0 saturated carbocycles. The number of thioether (sulfide) groups is 1. The van der Waals surface area contributed by atoms with Crippen molar-refractivity contribution in [2.75, 3.05) is 11.1 Å². The van der Waals surface area contributed by atoms with E-state index in [0.29, 0.717) is 21.6 Å². The summed E-state index contributed by atoms with van der Waals surface area (Å²) in [6.45, 7) is 7.98. The number of aromatic nitrogens is 3. The van der Waals surface area contributed by atoms with E-state index >= 15 is 0 Å². The zero-order valence-corrected chi connectivity index (χ0v) is 21.1. The Morgan fingerprint density at radius 3 is 2.00 bits per heavy atom. The van der Waals surface area contributed by atoms with Gasteiger partial charge in [-0.15, -0.1) is 10.2 Å². The number of hydrogen-bond acceptors (Lipinski definition) is 5. The minimum atomic E-state index is -0.179. The molecule has 7 heteroatoms. The second kappa shape index (κ2) is 10.4. The molecule has 0 bridgehead atoms. The van der Waals surface area contributed by atoms with Crippen molar-refractivity contribution in [2.24, 2.45) is 0 Å². The summed E-state index contributed by atoms with van der Waals surface area (Å²) in [4.78, 5) is 17.4. The number of hydrogen-bond donors (Lipinski definition) is 1. The van der Waals surface area contributed by atoms with E-state index in [4.69, 9.17) is 16.6 Å². The second-order valence-electron chi connectivity index (χ2n) is 8.30. The summed E-state index contributed by atoms with van der Waals surface area (Å²) in [6, 6.07) is 20.1. The Bertz CT molecular complexity index is 1320. The number of carbonyl (C=O) groups is 1. The summed E-state index contributed by atoms with van der Waals surface area (Å²) in [7, 11) is 0. The van der Waals surface area contributed by atoms with Crippen molar-refractivity contribution < 1.29 is 4.79 Å². The van der Waals surface area contributed by atoms with Crippen molar-refractivity contribution >= 4 is 35.0 Å². The molecule has 3 aromatic carbocycles. The predicted octanol–water partition coefficient (Wildman–Crippen LogP) is 6.82. The third kappa shape index (κ3) is 5.64. The molecule has 0 saturated heterocycles. The molecule has 1 heterocycles. The van der Waals surface area contributed by atoms with Gasteiger partial charge in [-0.25, -0.2) is 4.98 Å². The van der Waals surface area contributed by atoms with Crippen molar-refractivity contribution in [2.45, 2.75) is 32.9 Å². The third-order valence-electron chi connectivity index (χ3n) is 5.35. The molecule has 0 fully saturated rings. The molecule has 0 aliphatic carbocycles. The predicted molar refractivity (Wildman–Crippen MR) is 140 cm³/mol. The van der Waals surface area contributed by atoms with Crippen molar-refractivity contribution in [1.29, 1.82) is 0 Å². The Hall–Kier alpha value is -3.22. The summed E-state index contributed by atoms with van der Waals surface area (Å²) in [5.74, 6) is -0.0373. The molecule has 0 radical (unpaired) electrons. The van der Waals surface area contributed by atoms with E-state index in [1.165, 1.54) is 22.9 Å². The van der Waals surface area contributed by atoms with E-state index < -0.39 is 0 Å². The number of amides is 1. The smallest absolute Gasteiger partial charge is 0.234 e. The van der Waals surface area contributed by atoms with Gasteiger partial charge in [0.25, 0.3) is 0 Å². The second-order valence-corrected chi connectivity index (χ2v) is 9.65. The van der Waals surface area contributed by atoms with Gasteiger partial charge in [-0.2, -0.15) is 0 Å². The van der Waals surface area contributed by atoms with Crippen LogP contribution in [0.1, 0.15) is 22.3 Å². The minimum absolute atomic E-state index is 0.141. The lowest BCUT2D eigenvalue weighted by molar-refractivity contribution is -0.113. The van der Waals surface area contributed by atoms with Crippen LogP contribution in [0.2, 0.25) is 5.02 Å². The number of carbonyl (C=O) groups excluding carboxylic acids is 1. The van der Waals surface area contributed by atoms with Crippen LogP contribution in [0.25, 0.3) is 22.5 Å². The number of aryl methyl sites for hydroxylation is 4. The van der Waals surface area contributed by atoms with Gasteiger partial charge in [-0.3, -0.25) is 4.79 Å². The molecule has 4 aromatic rings. The quantitative estimate of drug-likeness (QED) is 0.301. The zero-order chi connectivity index (χ0) is 24.2. The van der Waals surface area contributed by atoms with Crippen LogP contribution < -0.4 is 5.32 Å². The molecular weight excluding hydrogens is 464 g/mol. The highest BCUT2D eigenvalue weighted by molar-refractivity contribution is 7.99. The van der Waals surface area contributed by atoms with Crippen LogP contribution >= 0.6 is 23.4 Å². The van der Waals surface area contributed by atoms with E-state index in [9.17, 15) is 4.79 Å². The summed E-state index contributed by atoms with van der Waals surface area (Å²) in [5.41, 5.74) is 8.27. The third-order valence-corrected chi connectivity index (χ3v) is 6.48. The molecule has 34 heavy (non-hydrogen) atoms. The van der Waals surface area contributed by atoms with E-state index in [1.54, 1.807) is 0 Å². The number of halogens is 1. The van der Waals surface area contributed by atoms with Crippen LogP contribution in [0.4, 0.5) is 5.69 Å². The van der Waals surface area contributed by atoms with Gasteiger partial charge in [-0.1, -0.05) is 89.1 Å². The molecule has 0 spiro atoms. The first-order chi connectivity index (χ1) is 16.3. The molecule has 1 amide bonds. The maximum Gasteiger partial charge on any atom is 0.234 e. The highest BCUT2D eigenvalue weighted by atomic mass is 35.5. The first-order valence-corrected chi connectivity index (χ1v) is 12.2. The van der Waals surface area contributed by atoms with Gasteiger partial charge in [0.05, 0.1) is 16.5 Å². The largest absolute Gasteiger partial charge is 0.324 e. The van der Waals surface area contributed by atoms with Gasteiger partial charge in [0.15, 0.2) is 0 Å². The van der Waals surface area contributed by atoms with Crippen LogP contribution in [0.3, 0.4) is 0 Å². The molecule has 0 unspecified atom stereocenters. The van der Waals surface area contributed by atoms with Crippen molar-refractivity contribution in [3.63, 3.8) is 0 Å². The maximum absolute atomic E-state index is 12.6. The molecule has 5 nitrogen and oxygen atoms in total. The average molecular weight is 489 g/mol. The fraction of sp³-hybridized carbons (Fsp3) is 0.185. The van der Waals surface area contributed by atoms with Crippen molar-refractivity contribution in [1.82, 2.24) is 15.2 Å². The molecule has 1 N–H and O–H groups in total.